The molecule has 9 heteroatoms. The minimum absolute atomic E-state index is 0.00170. The van der Waals surface area contributed by atoms with Crippen LogP contribution in [0.3, 0.4) is 0 Å². The number of allylic oxidation sites excluding steroid dienone is 4. The summed E-state index contributed by atoms with van der Waals surface area (Å²) in [4.78, 5) is 27.7. The lowest BCUT2D eigenvalue weighted by Gasteiger charge is -2.15. The van der Waals surface area contributed by atoms with Crippen LogP contribution in [0.2, 0.25) is 0 Å². The van der Waals surface area contributed by atoms with Crippen LogP contribution in [-0.2, 0) is 19.1 Å². The summed E-state index contributed by atoms with van der Waals surface area (Å²) in [6.07, 6.45) is 9.54. The van der Waals surface area contributed by atoms with E-state index in [2.05, 4.69) is 0 Å². The molecule has 0 spiro atoms. The Bertz CT molecular complexity index is 783. The third kappa shape index (κ3) is 12.2. The van der Waals surface area contributed by atoms with Gasteiger partial charge in [-0.3, -0.25) is 0 Å². The Labute approximate surface area is 190 Å². The fraction of sp³-hybridized carbons (Fsp3) is 0.478. The highest BCUT2D eigenvalue weighted by molar-refractivity contribution is 5.93. The largest absolute Gasteiger partial charge is 0.461 e. The van der Waals surface area contributed by atoms with Crippen molar-refractivity contribution in [3.05, 3.63) is 47.9 Å². The zero-order chi connectivity index (χ0) is 24.2. The number of carbonyl (C=O) groups is 2. The van der Waals surface area contributed by atoms with Gasteiger partial charge in [0.1, 0.15) is 23.3 Å². The van der Waals surface area contributed by atoms with Crippen molar-refractivity contribution < 1.29 is 24.2 Å². The van der Waals surface area contributed by atoms with Crippen molar-refractivity contribution in [3.63, 3.8) is 0 Å². The number of rotatable bonds is 15. The maximum absolute atomic E-state index is 11.9. The van der Waals surface area contributed by atoms with Gasteiger partial charge in [0.25, 0.3) is 0 Å². The van der Waals surface area contributed by atoms with Crippen molar-refractivity contribution in [3.8, 4) is 12.1 Å². The van der Waals surface area contributed by atoms with Crippen LogP contribution < -0.4 is 0 Å². The Hall–Kier alpha value is -3.56. The molecule has 0 amide bonds. The van der Waals surface area contributed by atoms with Crippen LogP contribution in [0, 0.1) is 22.7 Å². The van der Waals surface area contributed by atoms with Crippen LogP contribution in [0.4, 0.5) is 0 Å². The van der Waals surface area contributed by atoms with E-state index in [0.717, 1.165) is 13.1 Å². The van der Waals surface area contributed by atoms with E-state index in [1.807, 2.05) is 30.6 Å². The Morgan fingerprint density at radius 1 is 0.844 bits per heavy atom. The van der Waals surface area contributed by atoms with Crippen molar-refractivity contribution in [2.45, 2.75) is 27.2 Å². The van der Waals surface area contributed by atoms with E-state index in [1.165, 1.54) is 18.2 Å². The minimum atomic E-state index is -0.784. The fourth-order valence-corrected chi connectivity index (χ4v) is 2.27. The average Bonchev–Trinajstić information content (AvgIpc) is 2.80. The van der Waals surface area contributed by atoms with Gasteiger partial charge in [-0.15, -0.1) is 0 Å². The Balaban J connectivity index is 4.50. The quantitative estimate of drug-likeness (QED) is 0.133. The Kier molecular flexibility index (Phi) is 16.2. The van der Waals surface area contributed by atoms with Gasteiger partial charge in [-0.25, -0.2) is 9.59 Å². The van der Waals surface area contributed by atoms with Gasteiger partial charge in [-0.1, -0.05) is 0 Å². The number of hydrogen-bond donors (Lipinski definition) is 1. The number of hydrogen-bond acceptors (Lipinski definition) is 9. The number of aliphatic hydroxyl groups excluding tert-OH is 1. The van der Waals surface area contributed by atoms with Crippen molar-refractivity contribution in [1.29, 1.82) is 10.5 Å². The lowest BCUT2D eigenvalue weighted by atomic mass is 10.2. The van der Waals surface area contributed by atoms with Crippen LogP contribution in [0.1, 0.15) is 27.2 Å². The molecular formula is C23H32N4O5. The topological polar surface area (TPSA) is 127 Å². The average molecular weight is 445 g/mol. The number of esters is 2. The number of ether oxygens (including phenoxy) is 2. The van der Waals surface area contributed by atoms with E-state index in [9.17, 15) is 9.59 Å². The molecule has 0 bridgehead atoms. The van der Waals surface area contributed by atoms with E-state index in [1.54, 1.807) is 30.6 Å². The summed E-state index contributed by atoms with van der Waals surface area (Å²) in [6, 6.07) is 3.57. The second-order valence-corrected chi connectivity index (χ2v) is 6.27. The van der Waals surface area contributed by atoms with Crippen molar-refractivity contribution in [1.82, 2.24) is 9.80 Å². The number of likely N-dealkylation sites (N-methyl/N-ethyl adjacent to an activating group) is 1. The molecule has 0 aliphatic rings. The van der Waals surface area contributed by atoms with Gasteiger partial charge in [0.15, 0.2) is 0 Å². The molecule has 0 saturated carbocycles. The normalized spacial score (nSPS) is 11.8. The molecule has 0 rings (SSSR count). The van der Waals surface area contributed by atoms with Crippen LogP contribution in [0.15, 0.2) is 47.9 Å². The third-order valence-electron chi connectivity index (χ3n) is 4.16. The molecule has 0 unspecified atom stereocenters. The standard InChI is InChI=1S/C23H32N4O5/c1-4-26(5-2)12-7-10-20(18-24)22(29)31-16-9-17-32-23(30)21(19-25)11-8-13-27(6-3)14-15-28/h7-8,10-13,28H,4-6,9,14-17H2,1-3H3/b12-7+,13-8+,20-10-,21-11+. The molecule has 0 fully saturated rings. The monoisotopic (exact) mass is 444 g/mol. The lowest BCUT2D eigenvalue weighted by Crippen LogP contribution is -2.20. The van der Waals surface area contributed by atoms with Gasteiger partial charge >= 0.3 is 11.9 Å². The smallest absolute Gasteiger partial charge is 0.348 e. The van der Waals surface area contributed by atoms with Gasteiger partial charge in [0.2, 0.25) is 0 Å². The first-order valence-corrected chi connectivity index (χ1v) is 10.5. The van der Waals surface area contributed by atoms with Crippen LogP contribution in [0.5, 0.6) is 0 Å². The van der Waals surface area contributed by atoms with E-state index >= 15 is 0 Å². The SMILES string of the molecule is CCN(/C=C/C=C(/C#N)C(=O)OCCCOC(=O)/C(C#N)=C/C=C/N(CC)CCO)CC. The first-order valence-electron chi connectivity index (χ1n) is 10.5. The zero-order valence-electron chi connectivity index (χ0n) is 19.0. The zero-order valence-corrected chi connectivity index (χ0v) is 19.0. The summed E-state index contributed by atoms with van der Waals surface area (Å²) >= 11 is 0. The molecule has 0 heterocycles. The molecule has 174 valence electrons. The molecule has 0 aliphatic heterocycles. The van der Waals surface area contributed by atoms with Crippen LogP contribution in [0.25, 0.3) is 0 Å². The molecule has 0 aromatic carbocycles. The first kappa shape index (κ1) is 28.4. The van der Waals surface area contributed by atoms with Gasteiger partial charge in [-0.2, -0.15) is 10.5 Å². The predicted octanol–water partition coefficient (Wildman–Crippen LogP) is 2.05. The van der Waals surface area contributed by atoms with Crippen molar-refractivity contribution >= 4 is 11.9 Å². The van der Waals surface area contributed by atoms with Crippen LogP contribution in [-0.4, -0.2) is 72.8 Å². The highest BCUT2D eigenvalue weighted by atomic mass is 16.5. The van der Waals surface area contributed by atoms with Crippen molar-refractivity contribution in [2.24, 2.45) is 0 Å². The van der Waals surface area contributed by atoms with Gasteiger partial charge in [0, 0.05) is 32.6 Å². The third-order valence-corrected chi connectivity index (χ3v) is 4.16. The molecule has 0 saturated heterocycles. The van der Waals surface area contributed by atoms with E-state index in [4.69, 9.17) is 25.1 Å². The van der Waals surface area contributed by atoms with Gasteiger partial charge in [-0.05, 0) is 57.5 Å². The van der Waals surface area contributed by atoms with E-state index in [0.29, 0.717) is 13.1 Å². The fourth-order valence-electron chi connectivity index (χ4n) is 2.27. The highest BCUT2D eigenvalue weighted by Crippen LogP contribution is 2.02. The second kappa shape index (κ2) is 18.2. The van der Waals surface area contributed by atoms with Crippen molar-refractivity contribution in [2.75, 3.05) is 46.0 Å². The Morgan fingerprint density at radius 3 is 1.66 bits per heavy atom. The summed E-state index contributed by atoms with van der Waals surface area (Å²) < 4.78 is 10.0. The van der Waals surface area contributed by atoms with Gasteiger partial charge in [0.05, 0.1) is 19.8 Å². The lowest BCUT2D eigenvalue weighted by molar-refractivity contribution is -0.140. The van der Waals surface area contributed by atoms with Crippen LogP contribution >= 0.6 is 0 Å². The maximum atomic E-state index is 11.9. The molecule has 32 heavy (non-hydrogen) atoms. The number of nitriles is 2. The minimum Gasteiger partial charge on any atom is -0.461 e. The number of carbonyl (C=O) groups excluding carboxylic acids is 2. The number of aliphatic hydroxyl groups is 1. The summed E-state index contributed by atoms with van der Waals surface area (Å²) in [5.74, 6) is -1.54. The second-order valence-electron chi connectivity index (χ2n) is 6.27. The molecule has 9 nitrogen and oxygen atoms in total. The highest BCUT2D eigenvalue weighted by Gasteiger charge is 2.11. The molecule has 0 aromatic heterocycles. The van der Waals surface area contributed by atoms with E-state index in [-0.39, 0.29) is 37.4 Å². The molecular weight excluding hydrogens is 412 g/mol. The molecule has 0 radical (unpaired) electrons. The maximum Gasteiger partial charge on any atom is 0.348 e. The Morgan fingerprint density at radius 2 is 1.28 bits per heavy atom. The van der Waals surface area contributed by atoms with E-state index < -0.39 is 11.9 Å². The predicted molar refractivity (Wildman–Crippen MR) is 119 cm³/mol. The van der Waals surface area contributed by atoms with Gasteiger partial charge < -0.3 is 24.4 Å². The molecule has 0 atom stereocenters. The summed E-state index contributed by atoms with van der Waals surface area (Å²) in [6.45, 7) is 8.55. The molecule has 0 aliphatic carbocycles. The molecule has 0 aromatic rings. The first-order chi connectivity index (χ1) is 15.5. The summed E-state index contributed by atoms with van der Waals surface area (Å²) in [5, 5.41) is 27.1. The summed E-state index contributed by atoms with van der Waals surface area (Å²) in [5.41, 5.74) is -0.304. The molecule has 1 N–H and O–H groups in total. The summed E-state index contributed by atoms with van der Waals surface area (Å²) in [7, 11) is 0. The number of nitrogens with zero attached hydrogens (tertiary/aromatic N) is 4.